The van der Waals surface area contributed by atoms with Gasteiger partial charge in [-0.1, -0.05) is 6.07 Å². The maximum atomic E-state index is 3.63. The first kappa shape index (κ1) is 14.0. The summed E-state index contributed by atoms with van der Waals surface area (Å²) in [5, 5.41) is 5.79. The average Bonchev–Trinajstić information content (AvgIpc) is 2.84. The first-order chi connectivity index (χ1) is 8.74. The van der Waals surface area contributed by atoms with Gasteiger partial charge in [-0.3, -0.25) is 4.90 Å². The van der Waals surface area contributed by atoms with Crippen molar-refractivity contribution in [3.63, 3.8) is 0 Å². The van der Waals surface area contributed by atoms with Crippen molar-refractivity contribution in [1.82, 2.24) is 15.1 Å². The minimum atomic E-state index is 0.580. The Morgan fingerprint density at radius 3 is 2.78 bits per heavy atom. The Bertz CT molecular complexity index is 318. The van der Waals surface area contributed by atoms with E-state index in [9.17, 15) is 0 Å². The summed E-state index contributed by atoms with van der Waals surface area (Å²) in [5.74, 6) is 0. The molecule has 2 rings (SSSR count). The van der Waals surface area contributed by atoms with Gasteiger partial charge in [0.25, 0.3) is 0 Å². The lowest BCUT2D eigenvalue weighted by Crippen LogP contribution is -2.47. The molecule has 1 aromatic rings. The SMILES string of the molecule is CC(Cc1cccs1)NCCN1CCN(C)CC1. The van der Waals surface area contributed by atoms with Crippen LogP contribution in [-0.2, 0) is 6.42 Å². The average molecular weight is 267 g/mol. The van der Waals surface area contributed by atoms with E-state index in [1.807, 2.05) is 11.3 Å². The highest BCUT2D eigenvalue weighted by atomic mass is 32.1. The first-order valence-electron chi connectivity index (χ1n) is 6.90. The highest BCUT2D eigenvalue weighted by Crippen LogP contribution is 2.10. The second kappa shape index (κ2) is 7.24. The minimum Gasteiger partial charge on any atom is -0.313 e. The molecular formula is C14H25N3S. The Hall–Kier alpha value is -0.420. The molecule has 0 radical (unpaired) electrons. The van der Waals surface area contributed by atoms with E-state index in [1.165, 1.54) is 37.6 Å². The number of piperazine rings is 1. The highest BCUT2D eigenvalue weighted by Gasteiger charge is 2.13. The van der Waals surface area contributed by atoms with E-state index in [1.54, 1.807) is 0 Å². The summed E-state index contributed by atoms with van der Waals surface area (Å²) in [7, 11) is 2.21. The third kappa shape index (κ3) is 4.69. The van der Waals surface area contributed by atoms with Crippen LogP contribution in [0.2, 0.25) is 0 Å². The van der Waals surface area contributed by atoms with Crippen LogP contribution >= 0.6 is 11.3 Å². The zero-order valence-corrected chi connectivity index (χ0v) is 12.4. The molecule has 102 valence electrons. The summed E-state index contributed by atoms with van der Waals surface area (Å²) < 4.78 is 0. The quantitative estimate of drug-likeness (QED) is 0.843. The van der Waals surface area contributed by atoms with Gasteiger partial charge in [-0.2, -0.15) is 0 Å². The third-order valence-corrected chi connectivity index (χ3v) is 4.50. The van der Waals surface area contributed by atoms with Crippen molar-refractivity contribution < 1.29 is 0 Å². The standard InChI is InChI=1S/C14H25N3S/c1-13(12-14-4-3-11-18-14)15-5-6-17-9-7-16(2)8-10-17/h3-4,11,13,15H,5-10,12H2,1-2H3. The molecule has 0 saturated carbocycles. The molecule has 0 bridgehead atoms. The van der Waals surface area contributed by atoms with E-state index < -0.39 is 0 Å². The van der Waals surface area contributed by atoms with Crippen molar-refractivity contribution in [2.24, 2.45) is 0 Å². The van der Waals surface area contributed by atoms with Crippen molar-refractivity contribution >= 4 is 11.3 Å². The summed E-state index contributed by atoms with van der Waals surface area (Å²) >= 11 is 1.86. The van der Waals surface area contributed by atoms with Crippen molar-refractivity contribution in [2.45, 2.75) is 19.4 Å². The Kier molecular flexibility index (Phi) is 5.63. The lowest BCUT2D eigenvalue weighted by molar-refractivity contribution is 0.154. The van der Waals surface area contributed by atoms with Crippen LogP contribution in [0.4, 0.5) is 0 Å². The molecule has 0 amide bonds. The maximum absolute atomic E-state index is 3.63. The summed E-state index contributed by atoms with van der Waals surface area (Å²) in [6.45, 7) is 9.44. The minimum absolute atomic E-state index is 0.580. The number of nitrogens with one attached hydrogen (secondary N) is 1. The molecule has 1 aliphatic heterocycles. The normalized spacial score (nSPS) is 20.1. The topological polar surface area (TPSA) is 18.5 Å². The van der Waals surface area contributed by atoms with E-state index in [4.69, 9.17) is 0 Å². The van der Waals surface area contributed by atoms with Crippen LogP contribution in [0, 0.1) is 0 Å². The van der Waals surface area contributed by atoms with Gasteiger partial charge in [-0.15, -0.1) is 11.3 Å². The monoisotopic (exact) mass is 267 g/mol. The molecular weight excluding hydrogens is 242 g/mol. The summed E-state index contributed by atoms with van der Waals surface area (Å²) in [5.41, 5.74) is 0. The highest BCUT2D eigenvalue weighted by molar-refractivity contribution is 7.09. The van der Waals surface area contributed by atoms with Crippen LogP contribution in [0.25, 0.3) is 0 Å². The van der Waals surface area contributed by atoms with Crippen LogP contribution in [0.5, 0.6) is 0 Å². The van der Waals surface area contributed by atoms with E-state index in [0.29, 0.717) is 6.04 Å². The van der Waals surface area contributed by atoms with Gasteiger partial charge in [0.05, 0.1) is 0 Å². The van der Waals surface area contributed by atoms with E-state index in [-0.39, 0.29) is 0 Å². The van der Waals surface area contributed by atoms with Crippen LogP contribution in [0.1, 0.15) is 11.8 Å². The molecule has 1 fully saturated rings. The smallest absolute Gasteiger partial charge is 0.0110 e. The second-order valence-electron chi connectivity index (χ2n) is 5.28. The lowest BCUT2D eigenvalue weighted by atomic mass is 10.2. The molecule has 0 spiro atoms. The Morgan fingerprint density at radius 1 is 1.33 bits per heavy atom. The summed E-state index contributed by atoms with van der Waals surface area (Å²) in [4.78, 5) is 6.45. The van der Waals surface area contributed by atoms with Gasteiger partial charge in [-0.05, 0) is 31.8 Å². The Balaban J connectivity index is 1.57. The predicted octanol–water partition coefficient (Wildman–Crippen LogP) is 1.52. The Labute approximate surface area is 115 Å². The van der Waals surface area contributed by atoms with Crippen molar-refractivity contribution in [3.8, 4) is 0 Å². The van der Waals surface area contributed by atoms with Crippen LogP contribution < -0.4 is 5.32 Å². The molecule has 2 heterocycles. The van der Waals surface area contributed by atoms with Crippen LogP contribution in [-0.4, -0.2) is 62.2 Å². The van der Waals surface area contributed by atoms with Crippen molar-refractivity contribution in [3.05, 3.63) is 22.4 Å². The third-order valence-electron chi connectivity index (χ3n) is 3.60. The van der Waals surface area contributed by atoms with Gasteiger partial charge in [0.1, 0.15) is 0 Å². The number of likely N-dealkylation sites (N-methyl/N-ethyl adjacent to an activating group) is 1. The molecule has 18 heavy (non-hydrogen) atoms. The lowest BCUT2D eigenvalue weighted by Gasteiger charge is -2.32. The van der Waals surface area contributed by atoms with Gasteiger partial charge in [0, 0.05) is 50.2 Å². The summed E-state index contributed by atoms with van der Waals surface area (Å²) in [6.07, 6.45) is 1.15. The molecule has 1 N–H and O–H groups in total. The number of hydrogen-bond donors (Lipinski definition) is 1. The fraction of sp³-hybridized carbons (Fsp3) is 0.714. The van der Waals surface area contributed by atoms with Gasteiger partial charge in [0.2, 0.25) is 0 Å². The van der Waals surface area contributed by atoms with Crippen molar-refractivity contribution in [2.75, 3.05) is 46.3 Å². The predicted molar refractivity (Wildman–Crippen MR) is 79.4 cm³/mol. The van der Waals surface area contributed by atoms with Gasteiger partial charge in [-0.25, -0.2) is 0 Å². The molecule has 0 aromatic carbocycles. The number of nitrogens with zero attached hydrogens (tertiary/aromatic N) is 2. The molecule has 0 aliphatic carbocycles. The van der Waals surface area contributed by atoms with Gasteiger partial charge < -0.3 is 10.2 Å². The molecule has 3 nitrogen and oxygen atoms in total. The molecule has 1 atom stereocenters. The zero-order valence-electron chi connectivity index (χ0n) is 11.6. The first-order valence-corrected chi connectivity index (χ1v) is 7.78. The molecule has 1 unspecified atom stereocenters. The maximum Gasteiger partial charge on any atom is 0.0110 e. The Morgan fingerprint density at radius 2 is 2.11 bits per heavy atom. The van der Waals surface area contributed by atoms with E-state index in [2.05, 4.69) is 46.6 Å². The van der Waals surface area contributed by atoms with E-state index >= 15 is 0 Å². The molecule has 1 aromatic heterocycles. The second-order valence-corrected chi connectivity index (χ2v) is 6.32. The number of thiophene rings is 1. The van der Waals surface area contributed by atoms with Crippen LogP contribution in [0.15, 0.2) is 17.5 Å². The van der Waals surface area contributed by atoms with Crippen LogP contribution in [0.3, 0.4) is 0 Å². The fourth-order valence-electron chi connectivity index (χ4n) is 2.34. The molecule has 4 heteroatoms. The van der Waals surface area contributed by atoms with E-state index in [0.717, 1.165) is 13.0 Å². The molecule has 1 aliphatic rings. The largest absolute Gasteiger partial charge is 0.313 e. The van der Waals surface area contributed by atoms with Gasteiger partial charge >= 0.3 is 0 Å². The number of rotatable bonds is 6. The number of hydrogen-bond acceptors (Lipinski definition) is 4. The fourth-order valence-corrected chi connectivity index (χ4v) is 3.18. The zero-order chi connectivity index (χ0) is 12.8. The van der Waals surface area contributed by atoms with Gasteiger partial charge in [0.15, 0.2) is 0 Å². The summed E-state index contributed by atoms with van der Waals surface area (Å²) in [6, 6.07) is 4.94. The molecule has 1 saturated heterocycles. The van der Waals surface area contributed by atoms with Crippen molar-refractivity contribution in [1.29, 1.82) is 0 Å².